The zero-order valence-corrected chi connectivity index (χ0v) is 17.9. The molecule has 0 aliphatic carbocycles. The molecule has 29 heavy (non-hydrogen) atoms. The number of aromatic nitrogens is 1. The maximum Gasteiger partial charge on any atom is 0.251 e. The third-order valence-corrected chi connectivity index (χ3v) is 5.82. The van der Waals surface area contributed by atoms with Crippen LogP contribution in [0.4, 0.5) is 0 Å². The van der Waals surface area contributed by atoms with Crippen molar-refractivity contribution in [1.29, 1.82) is 0 Å². The van der Waals surface area contributed by atoms with Gasteiger partial charge < -0.3 is 10.6 Å². The molecule has 0 saturated heterocycles. The van der Waals surface area contributed by atoms with E-state index in [9.17, 15) is 9.59 Å². The molecule has 1 heterocycles. The van der Waals surface area contributed by atoms with Crippen LogP contribution in [-0.4, -0.2) is 29.4 Å². The lowest BCUT2D eigenvalue weighted by Crippen LogP contribution is -2.49. The molecule has 0 fully saturated rings. The Balaban J connectivity index is 1.50. The van der Waals surface area contributed by atoms with E-state index < -0.39 is 6.04 Å². The largest absolute Gasteiger partial charge is 0.354 e. The predicted octanol–water partition coefficient (Wildman–Crippen LogP) is 4.11. The summed E-state index contributed by atoms with van der Waals surface area (Å²) in [5.74, 6) is -0.379. The number of carbonyl (C=O) groups excluding carboxylic acids is 2. The summed E-state index contributed by atoms with van der Waals surface area (Å²) >= 11 is 1.69. The molecule has 0 aliphatic heterocycles. The van der Waals surface area contributed by atoms with E-state index in [0.29, 0.717) is 12.1 Å². The number of fused-ring (bicyclic) bond motifs is 1. The van der Waals surface area contributed by atoms with E-state index in [1.54, 1.807) is 17.4 Å². The Hall–Kier alpha value is -2.73. The molecule has 1 unspecified atom stereocenters. The fourth-order valence-corrected chi connectivity index (χ4v) is 4.14. The van der Waals surface area contributed by atoms with Crippen LogP contribution in [0.3, 0.4) is 0 Å². The first-order valence-corrected chi connectivity index (χ1v) is 10.8. The van der Waals surface area contributed by atoms with E-state index in [2.05, 4.69) is 21.7 Å². The number of amides is 2. The van der Waals surface area contributed by atoms with Gasteiger partial charge in [-0.25, -0.2) is 4.98 Å². The second-order valence-corrected chi connectivity index (χ2v) is 8.65. The van der Waals surface area contributed by atoms with Crippen molar-refractivity contribution in [3.8, 4) is 0 Å². The number of thiazole rings is 1. The average Bonchev–Trinajstić information content (AvgIpc) is 3.11. The van der Waals surface area contributed by atoms with Crippen molar-refractivity contribution in [2.45, 2.75) is 39.7 Å². The van der Waals surface area contributed by atoms with Crippen LogP contribution in [0.1, 0.15) is 41.2 Å². The number of para-hydroxylation sites is 1. The summed E-state index contributed by atoms with van der Waals surface area (Å²) in [5, 5.41) is 6.91. The fourth-order valence-electron chi connectivity index (χ4n) is 3.13. The lowest BCUT2D eigenvalue weighted by molar-refractivity contribution is -0.123. The van der Waals surface area contributed by atoms with Crippen LogP contribution in [-0.2, 0) is 11.2 Å². The standard InChI is InChI=1S/C23H27N3O2S/c1-15(2)21(26-22(27)17-9-6-8-16(3)14-17)23(28)24-13-7-12-20-25-18-10-4-5-11-19(18)29-20/h4-6,8-11,14-15,21H,7,12-13H2,1-3H3,(H,24,28)(H,26,27). The predicted molar refractivity (Wildman–Crippen MR) is 118 cm³/mol. The monoisotopic (exact) mass is 409 g/mol. The number of hydrogen-bond donors (Lipinski definition) is 2. The summed E-state index contributed by atoms with van der Waals surface area (Å²) in [6, 6.07) is 14.9. The quantitative estimate of drug-likeness (QED) is 0.550. The van der Waals surface area contributed by atoms with Gasteiger partial charge >= 0.3 is 0 Å². The molecular weight excluding hydrogens is 382 g/mol. The molecule has 2 aromatic carbocycles. The van der Waals surface area contributed by atoms with Gasteiger partial charge in [0.2, 0.25) is 5.91 Å². The van der Waals surface area contributed by atoms with Gasteiger partial charge in [0.1, 0.15) is 6.04 Å². The average molecular weight is 410 g/mol. The summed E-state index contributed by atoms with van der Waals surface area (Å²) in [7, 11) is 0. The lowest BCUT2D eigenvalue weighted by Gasteiger charge is -2.22. The van der Waals surface area contributed by atoms with E-state index in [1.807, 2.05) is 57.2 Å². The number of nitrogens with zero attached hydrogens (tertiary/aromatic N) is 1. The Morgan fingerprint density at radius 2 is 1.90 bits per heavy atom. The molecule has 3 rings (SSSR count). The van der Waals surface area contributed by atoms with Gasteiger partial charge in [-0.2, -0.15) is 0 Å². The first kappa shape index (κ1) is 21.0. The molecule has 0 radical (unpaired) electrons. The van der Waals surface area contributed by atoms with Crippen molar-refractivity contribution in [1.82, 2.24) is 15.6 Å². The zero-order valence-electron chi connectivity index (χ0n) is 17.1. The second kappa shape index (κ2) is 9.65. The van der Waals surface area contributed by atoms with Crippen LogP contribution >= 0.6 is 11.3 Å². The summed E-state index contributed by atoms with van der Waals surface area (Å²) in [6.45, 7) is 6.36. The highest BCUT2D eigenvalue weighted by Crippen LogP contribution is 2.22. The maximum atomic E-state index is 12.6. The Kier molecular flexibility index (Phi) is 6.99. The SMILES string of the molecule is Cc1cccc(C(=O)NC(C(=O)NCCCc2nc3ccccc3s2)C(C)C)c1. The van der Waals surface area contributed by atoms with Crippen molar-refractivity contribution >= 4 is 33.4 Å². The molecule has 1 aromatic heterocycles. The second-order valence-electron chi connectivity index (χ2n) is 7.53. The van der Waals surface area contributed by atoms with Crippen LogP contribution in [0, 0.1) is 12.8 Å². The summed E-state index contributed by atoms with van der Waals surface area (Å²) in [5.41, 5.74) is 2.60. The number of carbonyl (C=O) groups is 2. The first-order chi connectivity index (χ1) is 13.9. The molecule has 0 spiro atoms. The Morgan fingerprint density at radius 1 is 1.10 bits per heavy atom. The Bertz CT molecular complexity index is 963. The smallest absolute Gasteiger partial charge is 0.251 e. The van der Waals surface area contributed by atoms with Crippen LogP contribution in [0.25, 0.3) is 10.2 Å². The van der Waals surface area contributed by atoms with Gasteiger partial charge in [0.25, 0.3) is 5.91 Å². The fraction of sp³-hybridized carbons (Fsp3) is 0.348. The highest BCUT2D eigenvalue weighted by molar-refractivity contribution is 7.18. The summed E-state index contributed by atoms with van der Waals surface area (Å²) in [4.78, 5) is 29.8. The van der Waals surface area contributed by atoms with Crippen molar-refractivity contribution in [2.75, 3.05) is 6.54 Å². The van der Waals surface area contributed by atoms with Crippen LogP contribution in [0.2, 0.25) is 0 Å². The highest BCUT2D eigenvalue weighted by Gasteiger charge is 2.24. The van der Waals surface area contributed by atoms with E-state index in [-0.39, 0.29) is 17.7 Å². The van der Waals surface area contributed by atoms with E-state index in [1.165, 1.54) is 4.70 Å². The van der Waals surface area contributed by atoms with Crippen LogP contribution in [0.5, 0.6) is 0 Å². The third-order valence-electron chi connectivity index (χ3n) is 4.72. The molecule has 0 aliphatic rings. The molecule has 2 amide bonds. The summed E-state index contributed by atoms with van der Waals surface area (Å²) < 4.78 is 1.19. The molecule has 0 saturated carbocycles. The zero-order chi connectivity index (χ0) is 20.8. The van der Waals surface area contributed by atoms with Gasteiger partial charge in [-0.1, -0.05) is 43.7 Å². The van der Waals surface area contributed by atoms with Gasteiger partial charge in [-0.15, -0.1) is 11.3 Å². The van der Waals surface area contributed by atoms with Gasteiger partial charge in [0.15, 0.2) is 0 Å². The number of nitrogens with one attached hydrogen (secondary N) is 2. The van der Waals surface area contributed by atoms with Crippen LogP contribution < -0.4 is 10.6 Å². The topological polar surface area (TPSA) is 71.1 Å². The Labute approximate surface area is 175 Å². The van der Waals surface area contributed by atoms with Crippen molar-refractivity contribution in [3.05, 3.63) is 64.7 Å². The highest BCUT2D eigenvalue weighted by atomic mass is 32.1. The molecular formula is C23H27N3O2S. The van der Waals surface area contributed by atoms with E-state index >= 15 is 0 Å². The Morgan fingerprint density at radius 3 is 2.62 bits per heavy atom. The van der Waals surface area contributed by atoms with Crippen molar-refractivity contribution < 1.29 is 9.59 Å². The molecule has 152 valence electrons. The van der Waals surface area contributed by atoms with Gasteiger partial charge in [0, 0.05) is 18.5 Å². The number of hydrogen-bond acceptors (Lipinski definition) is 4. The number of rotatable bonds is 8. The van der Waals surface area contributed by atoms with E-state index in [0.717, 1.165) is 28.9 Å². The van der Waals surface area contributed by atoms with Crippen molar-refractivity contribution in [2.24, 2.45) is 5.92 Å². The first-order valence-electron chi connectivity index (χ1n) is 9.93. The van der Waals surface area contributed by atoms with Gasteiger partial charge in [-0.05, 0) is 43.5 Å². The van der Waals surface area contributed by atoms with Gasteiger partial charge in [0.05, 0.1) is 15.2 Å². The number of benzene rings is 2. The number of aryl methyl sites for hydroxylation is 2. The lowest BCUT2D eigenvalue weighted by atomic mass is 10.0. The summed E-state index contributed by atoms with van der Waals surface area (Å²) in [6.07, 6.45) is 1.63. The minimum atomic E-state index is -0.564. The molecule has 2 N–H and O–H groups in total. The minimum Gasteiger partial charge on any atom is -0.354 e. The van der Waals surface area contributed by atoms with Gasteiger partial charge in [-0.3, -0.25) is 9.59 Å². The molecule has 5 nitrogen and oxygen atoms in total. The normalized spacial score (nSPS) is 12.1. The maximum absolute atomic E-state index is 12.6. The van der Waals surface area contributed by atoms with E-state index in [4.69, 9.17) is 0 Å². The third kappa shape index (κ3) is 5.64. The van der Waals surface area contributed by atoms with Crippen LogP contribution in [0.15, 0.2) is 48.5 Å². The minimum absolute atomic E-state index is 0.00646. The molecule has 0 bridgehead atoms. The molecule has 6 heteroatoms. The molecule has 1 atom stereocenters. The van der Waals surface area contributed by atoms with Crippen molar-refractivity contribution in [3.63, 3.8) is 0 Å². The molecule has 3 aromatic rings.